The average Bonchev–Trinajstić information content (AvgIpc) is 2.92. The van der Waals surface area contributed by atoms with Crippen LogP contribution in [-0.4, -0.2) is 53.4 Å². The summed E-state index contributed by atoms with van der Waals surface area (Å²) in [4.78, 5) is 8.10. The van der Waals surface area contributed by atoms with Crippen LogP contribution < -0.4 is 0 Å². The molecule has 2 aromatic rings. The van der Waals surface area contributed by atoms with E-state index in [1.807, 2.05) is 0 Å². The van der Waals surface area contributed by atoms with Gasteiger partial charge in [-0.2, -0.15) is 0 Å². The van der Waals surface area contributed by atoms with E-state index in [1.54, 1.807) is 23.8 Å². The molecule has 3 N–H and O–H groups in total. The van der Waals surface area contributed by atoms with Crippen molar-refractivity contribution in [1.82, 2.24) is 14.5 Å². The Balaban J connectivity index is 2.10. The summed E-state index contributed by atoms with van der Waals surface area (Å²) in [6.45, 7) is 1.35. The van der Waals surface area contributed by atoms with Gasteiger partial charge >= 0.3 is 0 Å². The van der Waals surface area contributed by atoms with Crippen LogP contribution in [0.15, 0.2) is 18.6 Å². The number of aromatic nitrogens is 3. The maximum Gasteiger partial charge on any atom is 0.145 e. The van der Waals surface area contributed by atoms with Crippen LogP contribution in [0.3, 0.4) is 0 Å². The van der Waals surface area contributed by atoms with Gasteiger partial charge in [-0.15, -0.1) is 11.8 Å². The first-order valence-electron chi connectivity index (χ1n) is 6.10. The first-order valence-corrected chi connectivity index (χ1v) is 7.42. The third kappa shape index (κ3) is 1.93. The molecule has 0 aliphatic carbocycles. The highest BCUT2D eigenvalue weighted by Gasteiger charge is 2.52. The summed E-state index contributed by atoms with van der Waals surface area (Å²) in [5, 5.41) is 30.1. The van der Waals surface area contributed by atoms with Gasteiger partial charge in [-0.3, -0.25) is 0 Å². The Kier molecular flexibility index (Phi) is 3.42. The minimum absolute atomic E-state index is 0.201. The average molecular weight is 316 g/mol. The lowest BCUT2D eigenvalue weighted by molar-refractivity contribution is -0.0671. The van der Waals surface area contributed by atoms with Crippen molar-refractivity contribution >= 4 is 34.4 Å². The highest BCUT2D eigenvalue weighted by molar-refractivity contribution is 8.00. The van der Waals surface area contributed by atoms with E-state index in [0.29, 0.717) is 16.2 Å². The van der Waals surface area contributed by atoms with Gasteiger partial charge in [-0.05, 0) is 13.0 Å². The third-order valence-electron chi connectivity index (χ3n) is 3.65. The number of aliphatic hydroxyl groups is 3. The van der Waals surface area contributed by atoms with E-state index in [2.05, 4.69) is 9.97 Å². The van der Waals surface area contributed by atoms with Crippen LogP contribution in [0.4, 0.5) is 0 Å². The van der Waals surface area contributed by atoms with Crippen LogP contribution in [0, 0.1) is 0 Å². The number of aliphatic hydroxyl groups excluding tert-OH is 2. The first-order chi connectivity index (χ1) is 9.46. The number of hydrogen-bond acceptors (Lipinski definition) is 6. The monoisotopic (exact) mass is 315 g/mol. The fraction of sp³-hybridized carbons (Fsp3) is 0.500. The fourth-order valence-electron chi connectivity index (χ4n) is 2.52. The molecule has 0 unspecified atom stereocenters. The van der Waals surface area contributed by atoms with E-state index in [9.17, 15) is 15.3 Å². The second kappa shape index (κ2) is 4.85. The Morgan fingerprint density at radius 1 is 1.50 bits per heavy atom. The van der Waals surface area contributed by atoms with Crippen LogP contribution in [0.1, 0.15) is 12.3 Å². The van der Waals surface area contributed by atoms with Crippen molar-refractivity contribution in [3.8, 4) is 0 Å². The molecule has 1 aliphatic heterocycles. The van der Waals surface area contributed by atoms with Gasteiger partial charge in [0, 0.05) is 6.20 Å². The lowest BCUT2D eigenvalue weighted by Crippen LogP contribution is -2.44. The maximum atomic E-state index is 10.5. The molecule has 0 radical (unpaired) electrons. The van der Waals surface area contributed by atoms with Crippen molar-refractivity contribution in [3.05, 3.63) is 23.7 Å². The number of nitrogens with zero attached hydrogens (tertiary/aromatic N) is 3. The Bertz CT molecular complexity index is 648. The van der Waals surface area contributed by atoms with Gasteiger partial charge in [0.2, 0.25) is 0 Å². The van der Waals surface area contributed by atoms with Crippen molar-refractivity contribution in [1.29, 1.82) is 0 Å². The molecular weight excluding hydrogens is 302 g/mol. The molecule has 2 aromatic heterocycles. The molecule has 1 saturated heterocycles. The highest BCUT2D eigenvalue weighted by atomic mass is 35.5. The van der Waals surface area contributed by atoms with Crippen LogP contribution in [0.25, 0.3) is 11.0 Å². The number of hydrogen-bond donors (Lipinski definition) is 3. The van der Waals surface area contributed by atoms with Crippen molar-refractivity contribution in [2.45, 2.75) is 29.3 Å². The van der Waals surface area contributed by atoms with Crippen molar-refractivity contribution in [2.24, 2.45) is 0 Å². The Morgan fingerprint density at radius 2 is 2.25 bits per heavy atom. The van der Waals surface area contributed by atoms with Crippen LogP contribution in [-0.2, 0) is 0 Å². The van der Waals surface area contributed by atoms with Gasteiger partial charge in [0.1, 0.15) is 28.1 Å². The molecule has 1 aliphatic rings. The van der Waals surface area contributed by atoms with E-state index < -0.39 is 22.3 Å². The molecule has 0 aromatic carbocycles. The predicted molar refractivity (Wildman–Crippen MR) is 76.7 cm³/mol. The largest absolute Gasteiger partial charge is 0.395 e. The summed E-state index contributed by atoms with van der Waals surface area (Å²) in [7, 11) is 0. The molecule has 108 valence electrons. The van der Waals surface area contributed by atoms with Gasteiger partial charge in [-0.1, -0.05) is 11.6 Å². The lowest BCUT2D eigenvalue weighted by atomic mass is 9.96. The zero-order chi connectivity index (χ0) is 14.5. The predicted octanol–water partition coefficient (Wildman–Crippen LogP) is 0.803. The van der Waals surface area contributed by atoms with Crippen LogP contribution in [0.2, 0.25) is 5.15 Å². The van der Waals surface area contributed by atoms with E-state index in [-0.39, 0.29) is 6.61 Å². The summed E-state index contributed by atoms with van der Waals surface area (Å²) in [6, 6.07) is 1.77. The molecule has 3 heterocycles. The standard InChI is InChI=1S/C12H14ClN3O3S/c1-12(19)8(18)7(4-17)20-11(12)16-3-2-6-9(13)14-5-15-10(6)16/h2-3,5,7-8,11,17-19H,4H2,1H3/t7-,8-,11-,12-/m1/s1. The molecule has 3 rings (SSSR count). The molecule has 6 nitrogen and oxygen atoms in total. The van der Waals surface area contributed by atoms with Gasteiger partial charge in [0.05, 0.1) is 23.3 Å². The first kappa shape index (κ1) is 14.1. The smallest absolute Gasteiger partial charge is 0.145 e. The minimum Gasteiger partial charge on any atom is -0.395 e. The van der Waals surface area contributed by atoms with E-state index >= 15 is 0 Å². The second-order valence-corrected chi connectivity index (χ2v) is 6.69. The Labute approximate surface area is 124 Å². The van der Waals surface area contributed by atoms with Gasteiger partial charge in [0.15, 0.2) is 0 Å². The molecule has 4 atom stereocenters. The Morgan fingerprint density at radius 3 is 2.90 bits per heavy atom. The van der Waals surface area contributed by atoms with Crippen molar-refractivity contribution < 1.29 is 15.3 Å². The number of halogens is 1. The highest BCUT2D eigenvalue weighted by Crippen LogP contribution is 2.49. The number of thioether (sulfide) groups is 1. The van der Waals surface area contributed by atoms with Crippen LogP contribution >= 0.6 is 23.4 Å². The fourth-order valence-corrected chi connectivity index (χ4v) is 4.27. The number of rotatable bonds is 2. The summed E-state index contributed by atoms with van der Waals surface area (Å²) < 4.78 is 1.76. The minimum atomic E-state index is -1.37. The molecule has 0 spiro atoms. The summed E-state index contributed by atoms with van der Waals surface area (Å²) in [5.74, 6) is 0. The van der Waals surface area contributed by atoms with E-state index in [1.165, 1.54) is 18.1 Å². The zero-order valence-corrected chi connectivity index (χ0v) is 12.2. The molecule has 0 bridgehead atoms. The molecular formula is C12H14ClN3O3S. The lowest BCUT2D eigenvalue weighted by Gasteiger charge is -2.29. The molecule has 1 fully saturated rings. The summed E-state index contributed by atoms with van der Waals surface area (Å²) in [5.41, 5.74) is -0.782. The molecule has 0 saturated carbocycles. The molecule has 8 heteroatoms. The molecule has 0 amide bonds. The van der Waals surface area contributed by atoms with Gasteiger partial charge in [0.25, 0.3) is 0 Å². The van der Waals surface area contributed by atoms with Gasteiger partial charge < -0.3 is 19.9 Å². The van der Waals surface area contributed by atoms with E-state index in [4.69, 9.17) is 11.6 Å². The van der Waals surface area contributed by atoms with Crippen LogP contribution in [0.5, 0.6) is 0 Å². The second-order valence-electron chi connectivity index (χ2n) is 5.00. The third-order valence-corrected chi connectivity index (χ3v) is 5.67. The summed E-state index contributed by atoms with van der Waals surface area (Å²) in [6.07, 6.45) is 2.09. The normalized spacial score (nSPS) is 34.0. The van der Waals surface area contributed by atoms with Crippen molar-refractivity contribution in [2.75, 3.05) is 6.61 Å². The summed E-state index contributed by atoms with van der Waals surface area (Å²) >= 11 is 7.32. The zero-order valence-electron chi connectivity index (χ0n) is 10.6. The maximum absolute atomic E-state index is 10.5. The van der Waals surface area contributed by atoms with Crippen molar-refractivity contribution in [3.63, 3.8) is 0 Å². The molecule has 20 heavy (non-hydrogen) atoms. The quantitative estimate of drug-likeness (QED) is 0.710. The van der Waals surface area contributed by atoms with E-state index in [0.717, 1.165) is 0 Å². The number of fused-ring (bicyclic) bond motifs is 1. The topological polar surface area (TPSA) is 91.4 Å². The Hall–Kier alpha value is -0.860. The SMILES string of the molecule is C[C@@]1(O)[C@H](O)[C@@H](CO)S[C@H]1n1ccc2c(Cl)ncnc21. The van der Waals surface area contributed by atoms with Gasteiger partial charge in [-0.25, -0.2) is 9.97 Å².